The average molecular weight is 506 g/mol. The number of aromatic nitrogens is 2. The van der Waals surface area contributed by atoms with Crippen LogP contribution in [0.4, 0.5) is 26.3 Å². The standard InChI is InChI=1S/C12H12Br2F6N2OS/c13-11(17,18)7(15)2-5-23-9-1-4-21-10(22-9)24-6-3-8(16)12(14,19)20/h1,4,7-8H,2-3,5-6H2. The SMILES string of the molecule is FC(CCOc1ccnc(SCCC(F)C(F)(F)Br)n1)C(F)(F)Br. The van der Waals surface area contributed by atoms with E-state index in [4.69, 9.17) is 4.74 Å². The van der Waals surface area contributed by atoms with Gasteiger partial charge in [-0.3, -0.25) is 0 Å². The van der Waals surface area contributed by atoms with Gasteiger partial charge in [0, 0.05) is 24.4 Å². The predicted octanol–water partition coefficient (Wildman–Crippen LogP) is 5.38. The molecule has 12 heteroatoms. The predicted molar refractivity (Wildman–Crippen MR) is 85.0 cm³/mol. The number of rotatable bonds is 10. The van der Waals surface area contributed by atoms with Gasteiger partial charge in [-0.25, -0.2) is 13.8 Å². The summed E-state index contributed by atoms with van der Waals surface area (Å²) in [5.41, 5.74) is 0. The number of hydrogen-bond donors (Lipinski definition) is 0. The molecular weight excluding hydrogens is 494 g/mol. The van der Waals surface area contributed by atoms with E-state index in [1.54, 1.807) is 0 Å². The number of ether oxygens (including phenoxy) is 1. The molecule has 0 radical (unpaired) electrons. The Balaban J connectivity index is 2.41. The molecule has 0 aliphatic rings. The van der Waals surface area contributed by atoms with Crippen LogP contribution in [0.25, 0.3) is 0 Å². The lowest BCUT2D eigenvalue weighted by atomic mass is 10.3. The largest absolute Gasteiger partial charge is 0.477 e. The summed E-state index contributed by atoms with van der Waals surface area (Å²) in [7, 11) is 0. The van der Waals surface area contributed by atoms with Crippen LogP contribution in [0.1, 0.15) is 12.8 Å². The van der Waals surface area contributed by atoms with Gasteiger partial charge in [0.05, 0.1) is 6.61 Å². The van der Waals surface area contributed by atoms with Crippen LogP contribution in [-0.2, 0) is 0 Å². The lowest BCUT2D eigenvalue weighted by molar-refractivity contribution is 0.0115. The van der Waals surface area contributed by atoms with Crippen LogP contribution in [0.3, 0.4) is 0 Å². The summed E-state index contributed by atoms with van der Waals surface area (Å²) < 4.78 is 81.4. The van der Waals surface area contributed by atoms with Crippen molar-refractivity contribution in [2.75, 3.05) is 12.4 Å². The van der Waals surface area contributed by atoms with Crippen molar-refractivity contribution in [3.8, 4) is 5.88 Å². The van der Waals surface area contributed by atoms with Crippen molar-refractivity contribution in [1.29, 1.82) is 0 Å². The first-order valence-electron chi connectivity index (χ1n) is 6.50. The van der Waals surface area contributed by atoms with Gasteiger partial charge in [0.25, 0.3) is 0 Å². The lowest BCUT2D eigenvalue weighted by Gasteiger charge is -2.14. The van der Waals surface area contributed by atoms with Crippen LogP contribution in [-0.4, -0.2) is 44.3 Å². The minimum Gasteiger partial charge on any atom is -0.477 e. The number of halogens is 8. The molecule has 0 aliphatic carbocycles. The smallest absolute Gasteiger partial charge is 0.332 e. The Kier molecular flexibility index (Phi) is 8.60. The van der Waals surface area contributed by atoms with Gasteiger partial charge in [-0.1, -0.05) is 11.8 Å². The van der Waals surface area contributed by atoms with E-state index in [-0.39, 0.29) is 23.4 Å². The Hall–Kier alpha value is -0.230. The molecule has 1 aromatic heterocycles. The molecule has 0 spiro atoms. The minimum absolute atomic E-state index is 0.00578. The zero-order valence-corrected chi connectivity index (χ0v) is 15.9. The van der Waals surface area contributed by atoms with E-state index in [1.165, 1.54) is 12.3 Å². The van der Waals surface area contributed by atoms with Gasteiger partial charge in [0.15, 0.2) is 17.5 Å². The van der Waals surface area contributed by atoms with Gasteiger partial charge in [-0.2, -0.15) is 22.5 Å². The third-order valence-corrected chi connectivity index (χ3v) is 4.43. The normalized spacial score (nSPS) is 15.2. The van der Waals surface area contributed by atoms with Gasteiger partial charge in [-0.15, -0.1) is 0 Å². The Morgan fingerprint density at radius 1 is 1.08 bits per heavy atom. The number of alkyl halides is 8. The summed E-state index contributed by atoms with van der Waals surface area (Å²) in [5, 5.41) is 0.139. The molecule has 0 fully saturated rings. The maximum absolute atomic E-state index is 13.1. The molecule has 0 bridgehead atoms. The van der Waals surface area contributed by atoms with E-state index in [0.717, 1.165) is 11.8 Å². The van der Waals surface area contributed by atoms with Gasteiger partial charge in [0.2, 0.25) is 5.88 Å². The fraction of sp³-hybridized carbons (Fsp3) is 0.667. The van der Waals surface area contributed by atoms with E-state index in [1.807, 2.05) is 31.9 Å². The van der Waals surface area contributed by atoms with Crippen LogP contribution in [0.2, 0.25) is 0 Å². The van der Waals surface area contributed by atoms with E-state index in [9.17, 15) is 26.3 Å². The lowest BCUT2D eigenvalue weighted by Crippen LogP contribution is -2.24. The maximum atomic E-state index is 13.1. The first-order valence-corrected chi connectivity index (χ1v) is 9.07. The van der Waals surface area contributed by atoms with Crippen molar-refractivity contribution in [2.24, 2.45) is 0 Å². The summed E-state index contributed by atoms with van der Waals surface area (Å²) in [5.74, 6) is 0.00830. The Labute approximate surface area is 155 Å². The molecule has 0 N–H and O–H groups in total. The molecule has 24 heavy (non-hydrogen) atoms. The highest BCUT2D eigenvalue weighted by molar-refractivity contribution is 9.10. The second-order valence-corrected chi connectivity index (χ2v) is 7.65. The molecule has 3 nitrogen and oxygen atoms in total. The van der Waals surface area contributed by atoms with Gasteiger partial charge in [-0.05, 0) is 38.3 Å². The Bertz CT molecular complexity index is 476. The Morgan fingerprint density at radius 2 is 1.67 bits per heavy atom. The van der Waals surface area contributed by atoms with E-state index in [2.05, 4.69) is 9.97 Å². The topological polar surface area (TPSA) is 35.0 Å². The molecule has 0 saturated heterocycles. The zero-order chi connectivity index (χ0) is 18.4. The molecule has 2 unspecified atom stereocenters. The first kappa shape index (κ1) is 21.8. The summed E-state index contributed by atoms with van der Waals surface area (Å²) in [6.07, 6.45) is -4.46. The zero-order valence-electron chi connectivity index (χ0n) is 11.9. The first-order chi connectivity index (χ1) is 11.0. The second kappa shape index (κ2) is 9.46. The monoisotopic (exact) mass is 504 g/mol. The summed E-state index contributed by atoms with van der Waals surface area (Å²) in [6.45, 7) is -0.341. The highest BCUT2D eigenvalue weighted by Gasteiger charge is 2.37. The molecule has 0 saturated carbocycles. The van der Waals surface area contributed by atoms with Crippen LogP contribution in [0.15, 0.2) is 17.4 Å². The van der Waals surface area contributed by atoms with Crippen molar-refractivity contribution in [3.63, 3.8) is 0 Å². The molecule has 2 atom stereocenters. The second-order valence-electron chi connectivity index (χ2n) is 4.47. The molecular formula is C12H12Br2F6N2OS. The average Bonchev–Trinajstić information content (AvgIpc) is 2.45. The molecule has 1 rings (SSSR count). The van der Waals surface area contributed by atoms with E-state index >= 15 is 0 Å². The van der Waals surface area contributed by atoms with Crippen LogP contribution in [0.5, 0.6) is 5.88 Å². The van der Waals surface area contributed by atoms with E-state index in [0.29, 0.717) is 0 Å². The van der Waals surface area contributed by atoms with Crippen LogP contribution < -0.4 is 4.74 Å². The highest BCUT2D eigenvalue weighted by atomic mass is 79.9. The maximum Gasteiger partial charge on any atom is 0.332 e. The van der Waals surface area contributed by atoms with Crippen molar-refractivity contribution in [1.82, 2.24) is 9.97 Å². The quantitative estimate of drug-likeness (QED) is 0.185. The van der Waals surface area contributed by atoms with Crippen molar-refractivity contribution >= 4 is 43.6 Å². The van der Waals surface area contributed by atoms with Crippen LogP contribution in [0, 0.1) is 0 Å². The summed E-state index contributed by atoms with van der Waals surface area (Å²) in [4.78, 5) is 0.474. The fourth-order valence-electron chi connectivity index (χ4n) is 1.32. The highest BCUT2D eigenvalue weighted by Crippen LogP contribution is 2.32. The molecule has 0 aromatic carbocycles. The number of thioether (sulfide) groups is 1. The van der Waals surface area contributed by atoms with Crippen molar-refractivity contribution < 1.29 is 31.1 Å². The van der Waals surface area contributed by atoms with E-state index < -0.39 is 34.8 Å². The fourth-order valence-corrected chi connectivity index (χ4v) is 2.58. The minimum atomic E-state index is -3.64. The van der Waals surface area contributed by atoms with Crippen molar-refractivity contribution in [2.45, 2.75) is 40.0 Å². The third kappa shape index (κ3) is 8.24. The van der Waals surface area contributed by atoms with Crippen molar-refractivity contribution in [3.05, 3.63) is 12.3 Å². The number of nitrogens with zero attached hydrogens (tertiary/aromatic N) is 2. The third-order valence-electron chi connectivity index (χ3n) is 2.54. The molecule has 138 valence electrons. The summed E-state index contributed by atoms with van der Waals surface area (Å²) >= 11 is 4.78. The Morgan fingerprint density at radius 3 is 2.25 bits per heavy atom. The van der Waals surface area contributed by atoms with Crippen LogP contribution >= 0.6 is 43.6 Å². The molecule has 1 heterocycles. The molecule has 0 aliphatic heterocycles. The summed E-state index contributed by atoms with van der Waals surface area (Å²) in [6, 6.07) is 1.33. The molecule has 1 aromatic rings. The van der Waals surface area contributed by atoms with Gasteiger partial charge >= 0.3 is 9.66 Å². The van der Waals surface area contributed by atoms with Gasteiger partial charge in [0.1, 0.15) is 0 Å². The number of hydrogen-bond acceptors (Lipinski definition) is 4. The van der Waals surface area contributed by atoms with Gasteiger partial charge < -0.3 is 4.74 Å². The molecule has 0 amide bonds.